The summed E-state index contributed by atoms with van der Waals surface area (Å²) in [5, 5.41) is 2.93. The molecule has 0 spiro atoms. The van der Waals surface area contributed by atoms with Gasteiger partial charge in [-0.25, -0.2) is 0 Å². The maximum atomic E-state index is 10.8. The highest BCUT2D eigenvalue weighted by Crippen LogP contribution is 2.27. The van der Waals surface area contributed by atoms with Crippen molar-refractivity contribution in [3.05, 3.63) is 0 Å². The fourth-order valence-electron chi connectivity index (χ4n) is 1.53. The van der Waals surface area contributed by atoms with Crippen molar-refractivity contribution in [3.8, 4) is 0 Å². The summed E-state index contributed by atoms with van der Waals surface area (Å²) in [7, 11) is 0. The van der Waals surface area contributed by atoms with Gasteiger partial charge < -0.3 is 5.32 Å². The van der Waals surface area contributed by atoms with E-state index in [0.717, 1.165) is 13.0 Å². The van der Waals surface area contributed by atoms with Gasteiger partial charge in [0.2, 0.25) is 5.91 Å². The molecule has 1 amide bonds. The molecule has 0 aromatic carbocycles. The molecule has 0 saturated carbocycles. The van der Waals surface area contributed by atoms with Crippen LogP contribution in [0.5, 0.6) is 0 Å². The second-order valence-corrected chi connectivity index (χ2v) is 4.53. The lowest BCUT2D eigenvalue weighted by Crippen LogP contribution is -2.34. The summed E-state index contributed by atoms with van der Waals surface area (Å²) in [6, 6.07) is 0. The van der Waals surface area contributed by atoms with Gasteiger partial charge in [0, 0.05) is 13.5 Å². The zero-order valence-electron chi connectivity index (χ0n) is 10.2. The van der Waals surface area contributed by atoms with Crippen LogP contribution in [0.1, 0.15) is 59.8 Å². The third kappa shape index (κ3) is 6.01. The largest absolute Gasteiger partial charge is 0.356 e. The lowest BCUT2D eigenvalue weighted by molar-refractivity contribution is -0.119. The summed E-state index contributed by atoms with van der Waals surface area (Å²) < 4.78 is 0. The molecular weight excluding hydrogens is 174 g/mol. The summed E-state index contributed by atoms with van der Waals surface area (Å²) in [5.74, 6) is 0.0835. The van der Waals surface area contributed by atoms with Crippen molar-refractivity contribution in [1.29, 1.82) is 0 Å². The predicted molar refractivity (Wildman–Crippen MR) is 61.2 cm³/mol. The van der Waals surface area contributed by atoms with Gasteiger partial charge in [0.25, 0.3) is 0 Å². The van der Waals surface area contributed by atoms with E-state index in [9.17, 15) is 4.79 Å². The van der Waals surface area contributed by atoms with Crippen LogP contribution in [-0.2, 0) is 4.79 Å². The zero-order valence-corrected chi connectivity index (χ0v) is 10.2. The van der Waals surface area contributed by atoms with Gasteiger partial charge in [-0.15, -0.1) is 0 Å². The Labute approximate surface area is 88.5 Å². The first-order valence-corrected chi connectivity index (χ1v) is 5.78. The number of carbonyl (C=O) groups excluding carboxylic acids is 1. The lowest BCUT2D eigenvalue weighted by Gasteiger charge is -2.28. The van der Waals surface area contributed by atoms with Crippen molar-refractivity contribution in [2.45, 2.75) is 59.8 Å². The predicted octanol–water partition coefficient (Wildman–Crippen LogP) is 3.12. The maximum Gasteiger partial charge on any atom is 0.216 e. The number of rotatable bonds is 7. The Balaban J connectivity index is 3.84. The minimum Gasteiger partial charge on any atom is -0.356 e. The van der Waals surface area contributed by atoms with Crippen LogP contribution in [-0.4, -0.2) is 12.5 Å². The minimum atomic E-state index is 0.0835. The number of hydrogen-bond donors (Lipinski definition) is 1. The average Bonchev–Trinajstić information content (AvgIpc) is 2.15. The Morgan fingerprint density at radius 2 is 1.93 bits per heavy atom. The monoisotopic (exact) mass is 199 g/mol. The van der Waals surface area contributed by atoms with E-state index in [1.54, 1.807) is 6.92 Å². The molecule has 0 aliphatic carbocycles. The fourth-order valence-corrected chi connectivity index (χ4v) is 1.53. The maximum absolute atomic E-state index is 10.8. The topological polar surface area (TPSA) is 29.1 Å². The molecule has 1 N–H and O–H groups in total. The first-order chi connectivity index (χ1) is 6.54. The summed E-state index contributed by atoms with van der Waals surface area (Å²) in [4.78, 5) is 10.8. The smallest absolute Gasteiger partial charge is 0.216 e. The van der Waals surface area contributed by atoms with Crippen LogP contribution in [0.2, 0.25) is 0 Å². The number of hydrogen-bond acceptors (Lipinski definition) is 1. The number of amides is 1. The molecule has 0 aliphatic heterocycles. The second-order valence-electron chi connectivity index (χ2n) is 4.53. The number of carbonyl (C=O) groups is 1. The van der Waals surface area contributed by atoms with E-state index < -0.39 is 0 Å². The van der Waals surface area contributed by atoms with Crippen LogP contribution in [0.3, 0.4) is 0 Å². The second kappa shape index (κ2) is 6.86. The molecule has 84 valence electrons. The molecule has 1 atom stereocenters. The van der Waals surface area contributed by atoms with E-state index in [-0.39, 0.29) is 5.91 Å². The molecule has 0 aliphatic rings. The molecular formula is C12H25NO. The molecule has 0 fully saturated rings. The first-order valence-electron chi connectivity index (χ1n) is 5.78. The normalized spacial score (nSPS) is 14.9. The Hall–Kier alpha value is -0.530. The molecule has 0 heterocycles. The van der Waals surface area contributed by atoms with Gasteiger partial charge in [0.1, 0.15) is 0 Å². The summed E-state index contributed by atoms with van der Waals surface area (Å²) in [6.07, 6.45) is 6.20. The van der Waals surface area contributed by atoms with Gasteiger partial charge in [0.15, 0.2) is 0 Å². The Bertz CT molecular complexity index is 168. The lowest BCUT2D eigenvalue weighted by atomic mass is 9.82. The van der Waals surface area contributed by atoms with Crippen LogP contribution in [0.4, 0.5) is 0 Å². The number of nitrogens with one attached hydrogen (secondary N) is 1. The Morgan fingerprint density at radius 1 is 1.29 bits per heavy atom. The van der Waals surface area contributed by atoms with Crippen LogP contribution in [0.15, 0.2) is 0 Å². The van der Waals surface area contributed by atoms with E-state index in [2.05, 4.69) is 26.1 Å². The highest BCUT2D eigenvalue weighted by molar-refractivity contribution is 5.72. The quantitative estimate of drug-likeness (QED) is 0.627. The van der Waals surface area contributed by atoms with E-state index in [4.69, 9.17) is 0 Å². The molecule has 0 bridgehead atoms. The van der Waals surface area contributed by atoms with Crippen LogP contribution >= 0.6 is 0 Å². The van der Waals surface area contributed by atoms with E-state index in [1.165, 1.54) is 25.7 Å². The molecule has 14 heavy (non-hydrogen) atoms. The van der Waals surface area contributed by atoms with Crippen molar-refractivity contribution in [1.82, 2.24) is 5.32 Å². The van der Waals surface area contributed by atoms with Crippen molar-refractivity contribution in [3.63, 3.8) is 0 Å². The highest BCUT2D eigenvalue weighted by Gasteiger charge is 2.21. The molecule has 0 saturated heterocycles. The van der Waals surface area contributed by atoms with Gasteiger partial charge >= 0.3 is 0 Å². The van der Waals surface area contributed by atoms with Crippen molar-refractivity contribution in [2.75, 3.05) is 6.54 Å². The van der Waals surface area contributed by atoms with Crippen LogP contribution in [0.25, 0.3) is 0 Å². The molecule has 2 heteroatoms. The van der Waals surface area contributed by atoms with Gasteiger partial charge in [-0.2, -0.15) is 0 Å². The van der Waals surface area contributed by atoms with Gasteiger partial charge in [-0.05, 0) is 18.3 Å². The van der Waals surface area contributed by atoms with E-state index in [1.807, 2.05) is 0 Å². The molecule has 2 nitrogen and oxygen atoms in total. The van der Waals surface area contributed by atoms with Crippen LogP contribution < -0.4 is 5.32 Å². The van der Waals surface area contributed by atoms with E-state index in [0.29, 0.717) is 5.41 Å². The van der Waals surface area contributed by atoms with Crippen molar-refractivity contribution in [2.24, 2.45) is 5.41 Å². The highest BCUT2D eigenvalue weighted by atomic mass is 16.1. The summed E-state index contributed by atoms with van der Waals surface area (Å²) >= 11 is 0. The van der Waals surface area contributed by atoms with Gasteiger partial charge in [-0.1, -0.05) is 40.0 Å². The molecule has 1 unspecified atom stereocenters. The Kier molecular flexibility index (Phi) is 6.60. The first kappa shape index (κ1) is 13.5. The third-order valence-corrected chi connectivity index (χ3v) is 3.00. The fraction of sp³-hybridized carbons (Fsp3) is 0.917. The standard InChI is InChI=1S/C12H25NO/c1-5-7-8-9-12(4,6-2)10-13-11(3)14/h5-10H2,1-4H3,(H,13,14). The van der Waals surface area contributed by atoms with E-state index >= 15 is 0 Å². The zero-order chi connectivity index (χ0) is 11.0. The molecule has 0 aromatic rings. The van der Waals surface area contributed by atoms with Crippen molar-refractivity contribution < 1.29 is 4.79 Å². The minimum absolute atomic E-state index is 0.0835. The van der Waals surface area contributed by atoms with Gasteiger partial charge in [0.05, 0.1) is 0 Å². The average molecular weight is 199 g/mol. The SMILES string of the molecule is CCCCCC(C)(CC)CNC(C)=O. The van der Waals surface area contributed by atoms with Gasteiger partial charge in [-0.3, -0.25) is 4.79 Å². The van der Waals surface area contributed by atoms with Crippen LogP contribution in [0, 0.1) is 5.41 Å². The molecule has 0 rings (SSSR count). The number of unbranched alkanes of at least 4 members (excludes halogenated alkanes) is 2. The summed E-state index contributed by atoms with van der Waals surface area (Å²) in [6.45, 7) is 9.09. The third-order valence-electron chi connectivity index (χ3n) is 3.00. The summed E-state index contributed by atoms with van der Waals surface area (Å²) in [5.41, 5.74) is 0.293. The van der Waals surface area contributed by atoms with Crippen molar-refractivity contribution >= 4 is 5.91 Å². The molecule has 0 aromatic heterocycles. The molecule has 0 radical (unpaired) electrons. The Morgan fingerprint density at radius 3 is 2.36 bits per heavy atom.